The molecule has 2 aromatic rings. The number of carbonyl (C=O) groups excluding carboxylic acids is 2. The largest absolute Gasteiger partial charge is 0.469 e. The Balaban J connectivity index is 1.87. The number of ketones is 1. The molecule has 6 heteroatoms. The van der Waals surface area contributed by atoms with E-state index in [9.17, 15) is 9.59 Å². The average Bonchev–Trinajstić information content (AvgIpc) is 3.06. The van der Waals surface area contributed by atoms with Crippen LogP contribution in [0.2, 0.25) is 5.02 Å². The second kappa shape index (κ2) is 6.93. The van der Waals surface area contributed by atoms with Gasteiger partial charge in [0.1, 0.15) is 0 Å². The smallest absolute Gasteiger partial charge is 0.313 e. The molecule has 0 aromatic heterocycles. The van der Waals surface area contributed by atoms with Gasteiger partial charge in [-0.05, 0) is 29.8 Å². The molecule has 1 aliphatic rings. The van der Waals surface area contributed by atoms with E-state index in [1.165, 1.54) is 7.11 Å². The quantitative estimate of drug-likeness (QED) is 0.611. The van der Waals surface area contributed by atoms with Crippen LogP contribution in [0.5, 0.6) is 11.5 Å². The molecule has 0 saturated heterocycles. The Morgan fingerprint density at radius 2 is 1.96 bits per heavy atom. The molecule has 0 saturated carbocycles. The molecular formula is C18H15ClO5. The SMILES string of the molecule is COC(=O)C(CC(=O)c1cccc(Cl)c1)c1ccc2c(c1)OCO2. The lowest BCUT2D eigenvalue weighted by Gasteiger charge is -2.15. The van der Waals surface area contributed by atoms with Crippen molar-refractivity contribution in [3.63, 3.8) is 0 Å². The summed E-state index contributed by atoms with van der Waals surface area (Å²) in [6.45, 7) is 0.142. The first-order chi connectivity index (χ1) is 11.6. The third kappa shape index (κ3) is 3.36. The van der Waals surface area contributed by atoms with Gasteiger partial charge in [-0.15, -0.1) is 0 Å². The summed E-state index contributed by atoms with van der Waals surface area (Å²) in [6, 6.07) is 11.8. The first kappa shape index (κ1) is 16.3. The number of halogens is 1. The van der Waals surface area contributed by atoms with Crippen LogP contribution < -0.4 is 9.47 Å². The number of benzene rings is 2. The molecule has 0 bridgehead atoms. The van der Waals surface area contributed by atoms with Crippen molar-refractivity contribution >= 4 is 23.4 Å². The van der Waals surface area contributed by atoms with Gasteiger partial charge in [-0.1, -0.05) is 29.8 Å². The van der Waals surface area contributed by atoms with E-state index < -0.39 is 11.9 Å². The lowest BCUT2D eigenvalue weighted by Crippen LogP contribution is -2.18. The molecule has 124 valence electrons. The van der Waals surface area contributed by atoms with E-state index in [0.29, 0.717) is 27.6 Å². The summed E-state index contributed by atoms with van der Waals surface area (Å²) in [5.41, 5.74) is 1.10. The minimum absolute atomic E-state index is 0.0212. The molecule has 0 aliphatic carbocycles. The minimum Gasteiger partial charge on any atom is -0.469 e. The lowest BCUT2D eigenvalue weighted by molar-refractivity contribution is -0.142. The van der Waals surface area contributed by atoms with E-state index in [-0.39, 0.29) is 19.0 Å². The maximum atomic E-state index is 12.5. The molecule has 3 rings (SSSR count). The monoisotopic (exact) mass is 346 g/mol. The van der Waals surface area contributed by atoms with Crippen LogP contribution in [0.3, 0.4) is 0 Å². The van der Waals surface area contributed by atoms with Gasteiger partial charge in [0, 0.05) is 17.0 Å². The second-order valence-corrected chi connectivity index (χ2v) is 5.76. The molecule has 2 aromatic carbocycles. The van der Waals surface area contributed by atoms with Crippen molar-refractivity contribution in [3.8, 4) is 11.5 Å². The van der Waals surface area contributed by atoms with Crippen LogP contribution in [0.1, 0.15) is 28.3 Å². The van der Waals surface area contributed by atoms with Gasteiger partial charge in [0.05, 0.1) is 13.0 Å². The molecule has 1 aliphatic heterocycles. The predicted octanol–water partition coefficient (Wildman–Crippen LogP) is 3.60. The standard InChI is InChI=1S/C18H15ClO5/c1-22-18(21)14(9-15(20)12-3-2-4-13(19)7-12)11-5-6-16-17(8-11)24-10-23-16/h2-8,14H,9-10H2,1H3. The third-order valence-electron chi connectivity index (χ3n) is 3.82. The van der Waals surface area contributed by atoms with Crippen LogP contribution in [0.15, 0.2) is 42.5 Å². The van der Waals surface area contributed by atoms with Crippen molar-refractivity contribution in [3.05, 3.63) is 58.6 Å². The molecule has 1 heterocycles. The normalized spacial score (nSPS) is 13.4. The lowest BCUT2D eigenvalue weighted by atomic mass is 9.91. The first-order valence-corrected chi connectivity index (χ1v) is 7.72. The van der Waals surface area contributed by atoms with Crippen molar-refractivity contribution < 1.29 is 23.8 Å². The fourth-order valence-electron chi connectivity index (χ4n) is 2.57. The van der Waals surface area contributed by atoms with Crippen molar-refractivity contribution in [1.29, 1.82) is 0 Å². The van der Waals surface area contributed by atoms with Crippen molar-refractivity contribution in [2.24, 2.45) is 0 Å². The zero-order valence-corrected chi connectivity index (χ0v) is 13.7. The van der Waals surface area contributed by atoms with Gasteiger partial charge >= 0.3 is 5.97 Å². The Kier molecular flexibility index (Phi) is 4.71. The highest BCUT2D eigenvalue weighted by atomic mass is 35.5. The highest BCUT2D eigenvalue weighted by Crippen LogP contribution is 2.36. The Morgan fingerprint density at radius 3 is 2.71 bits per heavy atom. The maximum absolute atomic E-state index is 12.5. The first-order valence-electron chi connectivity index (χ1n) is 7.34. The number of Topliss-reactive ketones (excluding diaryl/α,β-unsaturated/α-hetero) is 1. The topological polar surface area (TPSA) is 61.8 Å². The fourth-order valence-corrected chi connectivity index (χ4v) is 2.76. The Bertz CT molecular complexity index is 787. The van der Waals surface area contributed by atoms with E-state index in [1.54, 1.807) is 42.5 Å². The number of hydrogen-bond donors (Lipinski definition) is 0. The summed E-state index contributed by atoms with van der Waals surface area (Å²) >= 11 is 5.92. The molecule has 1 atom stereocenters. The second-order valence-electron chi connectivity index (χ2n) is 5.33. The molecular weight excluding hydrogens is 332 g/mol. The van der Waals surface area contributed by atoms with Gasteiger partial charge in [0.25, 0.3) is 0 Å². The highest BCUT2D eigenvalue weighted by molar-refractivity contribution is 6.31. The van der Waals surface area contributed by atoms with Crippen molar-refractivity contribution in [1.82, 2.24) is 0 Å². The predicted molar refractivity (Wildman–Crippen MR) is 87.7 cm³/mol. The van der Waals surface area contributed by atoms with Crippen LogP contribution in [0.25, 0.3) is 0 Å². The van der Waals surface area contributed by atoms with E-state index in [2.05, 4.69) is 0 Å². The summed E-state index contributed by atoms with van der Waals surface area (Å²) < 4.78 is 15.5. The third-order valence-corrected chi connectivity index (χ3v) is 4.06. The minimum atomic E-state index is -0.726. The summed E-state index contributed by atoms with van der Waals surface area (Å²) in [5, 5.41) is 0.471. The van der Waals surface area contributed by atoms with Crippen molar-refractivity contribution in [2.75, 3.05) is 13.9 Å². The van der Waals surface area contributed by atoms with E-state index in [1.807, 2.05) is 0 Å². The zero-order chi connectivity index (χ0) is 17.1. The molecule has 5 nitrogen and oxygen atoms in total. The van der Waals surface area contributed by atoms with Gasteiger partial charge < -0.3 is 14.2 Å². The number of methoxy groups -OCH3 is 1. The number of ether oxygens (including phenoxy) is 3. The molecule has 0 N–H and O–H groups in total. The molecule has 0 spiro atoms. The van der Waals surface area contributed by atoms with Crippen LogP contribution >= 0.6 is 11.6 Å². The Hall–Kier alpha value is -2.53. The molecule has 0 radical (unpaired) electrons. The van der Waals surface area contributed by atoms with E-state index in [4.69, 9.17) is 25.8 Å². The van der Waals surface area contributed by atoms with Gasteiger partial charge in [0.15, 0.2) is 17.3 Å². The molecule has 0 amide bonds. The molecule has 1 unspecified atom stereocenters. The maximum Gasteiger partial charge on any atom is 0.313 e. The Morgan fingerprint density at radius 1 is 1.17 bits per heavy atom. The van der Waals surface area contributed by atoms with E-state index >= 15 is 0 Å². The van der Waals surface area contributed by atoms with Gasteiger partial charge in [-0.2, -0.15) is 0 Å². The molecule has 0 fully saturated rings. The fraction of sp³-hybridized carbons (Fsp3) is 0.222. The Labute approximate surface area is 144 Å². The summed E-state index contributed by atoms with van der Waals surface area (Å²) in [4.78, 5) is 24.7. The van der Waals surface area contributed by atoms with Crippen LogP contribution in [-0.2, 0) is 9.53 Å². The molecule has 24 heavy (non-hydrogen) atoms. The summed E-state index contributed by atoms with van der Waals surface area (Å²) in [7, 11) is 1.30. The van der Waals surface area contributed by atoms with Gasteiger partial charge in [-0.3, -0.25) is 9.59 Å². The van der Waals surface area contributed by atoms with Crippen molar-refractivity contribution in [2.45, 2.75) is 12.3 Å². The summed E-state index contributed by atoms with van der Waals surface area (Å²) in [5.74, 6) is -0.231. The average molecular weight is 347 g/mol. The van der Waals surface area contributed by atoms with E-state index in [0.717, 1.165) is 0 Å². The number of esters is 1. The van der Waals surface area contributed by atoms with Gasteiger partial charge in [0.2, 0.25) is 6.79 Å². The summed E-state index contributed by atoms with van der Waals surface area (Å²) in [6.07, 6.45) is -0.0212. The number of carbonyl (C=O) groups is 2. The van der Waals surface area contributed by atoms with Crippen LogP contribution in [-0.4, -0.2) is 25.7 Å². The highest BCUT2D eigenvalue weighted by Gasteiger charge is 2.27. The number of hydrogen-bond acceptors (Lipinski definition) is 5. The van der Waals surface area contributed by atoms with Crippen LogP contribution in [0, 0.1) is 0 Å². The van der Waals surface area contributed by atoms with Gasteiger partial charge in [-0.25, -0.2) is 0 Å². The number of fused-ring (bicyclic) bond motifs is 1. The zero-order valence-electron chi connectivity index (χ0n) is 13.0. The number of rotatable bonds is 5. The van der Waals surface area contributed by atoms with Crippen LogP contribution in [0.4, 0.5) is 0 Å².